The van der Waals surface area contributed by atoms with Crippen LogP contribution in [0.4, 0.5) is 0 Å². The van der Waals surface area contributed by atoms with Crippen LogP contribution in [0, 0.1) is 0 Å². The van der Waals surface area contributed by atoms with E-state index in [1.54, 1.807) is 0 Å². The van der Waals surface area contributed by atoms with E-state index in [-0.39, 0.29) is 0 Å². The molecule has 5 nitrogen and oxygen atoms in total. The van der Waals surface area contributed by atoms with Crippen LogP contribution < -0.4 is 0 Å². The van der Waals surface area contributed by atoms with E-state index in [0.29, 0.717) is 17.5 Å². The number of fused-ring (bicyclic) bond motifs is 5. The molecule has 57 heavy (non-hydrogen) atoms. The molecule has 0 N–H and O–H groups in total. The first-order valence-electron chi connectivity index (χ1n) is 19.1. The molecule has 0 bridgehead atoms. The molecule has 3 heterocycles. The predicted octanol–water partition coefficient (Wildman–Crippen LogP) is 13.6. The average molecular weight is 727 g/mol. The summed E-state index contributed by atoms with van der Waals surface area (Å²) in [5.74, 6) is 1.82. The van der Waals surface area contributed by atoms with Crippen LogP contribution in [0.15, 0.2) is 186 Å². The monoisotopic (exact) mass is 726 g/mol. The molecular formula is C52H30N4O. The number of nitrogens with zero attached hydrogens (tertiary/aromatic N) is 4. The lowest BCUT2D eigenvalue weighted by Crippen LogP contribution is -2.00. The highest BCUT2D eigenvalue weighted by Gasteiger charge is 2.19. The van der Waals surface area contributed by atoms with Gasteiger partial charge in [-0.1, -0.05) is 158 Å². The molecule has 12 rings (SSSR count). The van der Waals surface area contributed by atoms with Crippen molar-refractivity contribution < 1.29 is 4.42 Å². The number of hydrogen-bond donors (Lipinski definition) is 0. The number of hydrogen-bond acceptors (Lipinski definition) is 5. The zero-order chi connectivity index (χ0) is 37.5. The van der Waals surface area contributed by atoms with Crippen LogP contribution in [0.1, 0.15) is 0 Å². The summed E-state index contributed by atoms with van der Waals surface area (Å²) in [6.07, 6.45) is 0. The SMILES string of the molecule is c1ccc(-c2nc(-c3cccc(-c4nc5c6ccccc6oc5c5ccccc45)c3)nc(-c3cccc(-c4ccc5ccc6cccc7ccc4c5c67)c3)n2)cc1. The lowest BCUT2D eigenvalue weighted by Gasteiger charge is -2.15. The zero-order valence-electron chi connectivity index (χ0n) is 30.5. The molecule has 0 aliphatic carbocycles. The quantitative estimate of drug-likeness (QED) is 0.165. The third kappa shape index (κ3) is 5.03. The van der Waals surface area contributed by atoms with Gasteiger partial charge in [0.1, 0.15) is 11.1 Å². The Morgan fingerprint density at radius 1 is 0.333 bits per heavy atom. The molecule has 0 atom stereocenters. The Hall–Kier alpha value is -7.76. The van der Waals surface area contributed by atoms with E-state index in [1.807, 2.05) is 60.7 Å². The van der Waals surface area contributed by atoms with Gasteiger partial charge in [-0.2, -0.15) is 0 Å². The Balaban J connectivity index is 1.02. The molecule has 0 amide bonds. The van der Waals surface area contributed by atoms with Crippen molar-refractivity contribution in [1.82, 2.24) is 19.9 Å². The van der Waals surface area contributed by atoms with Crippen molar-refractivity contribution in [3.05, 3.63) is 182 Å². The largest absolute Gasteiger partial charge is 0.454 e. The molecular weight excluding hydrogens is 697 g/mol. The molecule has 264 valence electrons. The maximum absolute atomic E-state index is 6.36. The fraction of sp³-hybridized carbons (Fsp3) is 0. The number of rotatable bonds is 5. The van der Waals surface area contributed by atoms with Gasteiger partial charge in [-0.3, -0.25) is 0 Å². The maximum atomic E-state index is 6.36. The molecule has 0 saturated carbocycles. The van der Waals surface area contributed by atoms with E-state index in [2.05, 4.69) is 121 Å². The van der Waals surface area contributed by atoms with Gasteiger partial charge in [0.2, 0.25) is 0 Å². The summed E-state index contributed by atoms with van der Waals surface area (Å²) in [6.45, 7) is 0. The Morgan fingerprint density at radius 3 is 1.65 bits per heavy atom. The summed E-state index contributed by atoms with van der Waals surface area (Å²) >= 11 is 0. The normalized spacial score (nSPS) is 11.9. The lowest BCUT2D eigenvalue weighted by molar-refractivity contribution is 0.672. The zero-order valence-corrected chi connectivity index (χ0v) is 30.5. The summed E-state index contributed by atoms with van der Waals surface area (Å²) in [5, 5.41) is 10.6. The molecule has 3 aromatic heterocycles. The number of benzene rings is 9. The molecule has 5 heteroatoms. The standard InChI is InChI=1S/C52H30N4O/c1-2-11-34(12-3-1)50-54-51(37-17-9-15-35(29-37)39-27-25-33-24-23-31-13-8-14-32-26-28-40(39)46(33)45(31)32)56-52(55-50)38-18-10-16-36(30-38)47-41-19-4-5-20-42(41)49-48(53-47)43-21-6-7-22-44(43)57-49/h1-30H. The van der Waals surface area contributed by atoms with Gasteiger partial charge in [0.05, 0.1) is 5.69 Å². The highest BCUT2D eigenvalue weighted by Crippen LogP contribution is 2.41. The van der Waals surface area contributed by atoms with Gasteiger partial charge < -0.3 is 4.42 Å². The van der Waals surface area contributed by atoms with Crippen LogP contribution in [0.5, 0.6) is 0 Å². The minimum atomic E-state index is 0.591. The van der Waals surface area contributed by atoms with Crippen molar-refractivity contribution >= 4 is 65.2 Å². The molecule has 0 saturated heterocycles. The Labute approximate surface area is 326 Å². The van der Waals surface area contributed by atoms with E-state index in [4.69, 9.17) is 24.4 Å². The first-order valence-corrected chi connectivity index (χ1v) is 19.1. The molecule has 0 unspecified atom stereocenters. The second kappa shape index (κ2) is 12.4. The minimum Gasteiger partial charge on any atom is -0.454 e. The van der Waals surface area contributed by atoms with Crippen LogP contribution in [0.25, 0.3) is 122 Å². The third-order valence-electron chi connectivity index (χ3n) is 11.2. The van der Waals surface area contributed by atoms with Crippen LogP contribution in [-0.2, 0) is 0 Å². The van der Waals surface area contributed by atoms with Crippen molar-refractivity contribution in [3.63, 3.8) is 0 Å². The Kier molecular flexibility index (Phi) is 6.86. The highest BCUT2D eigenvalue weighted by molar-refractivity contribution is 6.25. The molecule has 9 aromatic carbocycles. The summed E-state index contributed by atoms with van der Waals surface area (Å²) in [6, 6.07) is 63.4. The van der Waals surface area contributed by atoms with Gasteiger partial charge in [0.25, 0.3) is 0 Å². The van der Waals surface area contributed by atoms with E-state index in [0.717, 1.165) is 66.4 Å². The van der Waals surface area contributed by atoms with Gasteiger partial charge >= 0.3 is 0 Å². The number of para-hydroxylation sites is 1. The van der Waals surface area contributed by atoms with Gasteiger partial charge in [0.15, 0.2) is 23.1 Å². The van der Waals surface area contributed by atoms with Gasteiger partial charge in [-0.05, 0) is 67.7 Å². The number of aromatic nitrogens is 4. The molecule has 0 aliphatic heterocycles. The van der Waals surface area contributed by atoms with Gasteiger partial charge in [0, 0.05) is 38.4 Å². The average Bonchev–Trinajstić information content (AvgIpc) is 3.67. The van der Waals surface area contributed by atoms with E-state index < -0.39 is 0 Å². The second-order valence-electron chi connectivity index (χ2n) is 14.6. The highest BCUT2D eigenvalue weighted by atomic mass is 16.3. The predicted molar refractivity (Wildman–Crippen MR) is 233 cm³/mol. The maximum Gasteiger partial charge on any atom is 0.164 e. The number of pyridine rings is 1. The third-order valence-corrected chi connectivity index (χ3v) is 11.2. The minimum absolute atomic E-state index is 0.591. The summed E-state index contributed by atoms with van der Waals surface area (Å²) in [4.78, 5) is 20.6. The molecule has 0 fully saturated rings. The van der Waals surface area contributed by atoms with Crippen molar-refractivity contribution in [2.45, 2.75) is 0 Å². The molecule has 12 aromatic rings. The van der Waals surface area contributed by atoms with Crippen LogP contribution >= 0.6 is 0 Å². The summed E-state index contributed by atoms with van der Waals surface area (Å²) in [7, 11) is 0. The molecule has 0 spiro atoms. The summed E-state index contributed by atoms with van der Waals surface area (Å²) < 4.78 is 6.36. The fourth-order valence-electron chi connectivity index (χ4n) is 8.57. The van der Waals surface area contributed by atoms with E-state index in [9.17, 15) is 0 Å². The van der Waals surface area contributed by atoms with Gasteiger partial charge in [-0.25, -0.2) is 19.9 Å². The molecule has 0 radical (unpaired) electrons. The summed E-state index contributed by atoms with van der Waals surface area (Å²) in [5.41, 5.74) is 9.32. The topological polar surface area (TPSA) is 64.7 Å². The van der Waals surface area contributed by atoms with Crippen molar-refractivity contribution in [2.24, 2.45) is 0 Å². The Bertz CT molecular complexity index is 3520. The van der Waals surface area contributed by atoms with Crippen LogP contribution in [-0.4, -0.2) is 19.9 Å². The lowest BCUT2D eigenvalue weighted by atomic mass is 9.89. The first kappa shape index (κ1) is 31.6. The van der Waals surface area contributed by atoms with Crippen LogP contribution in [0.2, 0.25) is 0 Å². The van der Waals surface area contributed by atoms with Crippen molar-refractivity contribution in [1.29, 1.82) is 0 Å². The first-order chi connectivity index (χ1) is 28.2. The van der Waals surface area contributed by atoms with E-state index >= 15 is 0 Å². The van der Waals surface area contributed by atoms with Crippen molar-refractivity contribution in [2.75, 3.05) is 0 Å². The van der Waals surface area contributed by atoms with E-state index in [1.165, 1.54) is 37.9 Å². The molecule has 0 aliphatic rings. The smallest absolute Gasteiger partial charge is 0.164 e. The second-order valence-corrected chi connectivity index (χ2v) is 14.6. The van der Waals surface area contributed by atoms with Crippen LogP contribution in [0.3, 0.4) is 0 Å². The number of furan rings is 1. The van der Waals surface area contributed by atoms with Gasteiger partial charge in [-0.15, -0.1) is 0 Å². The Morgan fingerprint density at radius 2 is 0.877 bits per heavy atom. The fourth-order valence-corrected chi connectivity index (χ4v) is 8.57. The van der Waals surface area contributed by atoms with Crippen molar-refractivity contribution in [3.8, 4) is 56.5 Å².